The Morgan fingerprint density at radius 3 is 2.50 bits per heavy atom. The molecular weight excluding hydrogens is 278 g/mol. The molecule has 1 atom stereocenters. The van der Waals surface area contributed by atoms with Crippen molar-refractivity contribution in [3.05, 3.63) is 54.6 Å². The first-order valence-electron chi connectivity index (χ1n) is 7.45. The van der Waals surface area contributed by atoms with Gasteiger partial charge in [0.1, 0.15) is 11.5 Å². The maximum absolute atomic E-state index is 12.3. The lowest BCUT2D eigenvalue weighted by Gasteiger charge is -2.16. The molecule has 0 heterocycles. The Balaban J connectivity index is 1.99. The molecule has 2 rings (SSSR count). The smallest absolute Gasteiger partial charge is 0.265 e. The van der Waals surface area contributed by atoms with Crippen molar-refractivity contribution in [1.29, 1.82) is 0 Å². The molecule has 1 amide bonds. The monoisotopic (exact) mass is 299 g/mol. The standard InChI is InChI=1S/C18H21NO3/c1-3-13-21-17-12-8-7-11-16(17)19-18(20)14(2)22-15-9-5-4-6-10-15/h4-12,14H,3,13H2,1-2H3,(H,19,20). The molecule has 0 radical (unpaired) electrons. The molecule has 1 unspecified atom stereocenters. The van der Waals surface area contributed by atoms with Crippen LogP contribution >= 0.6 is 0 Å². The SMILES string of the molecule is CCCOc1ccccc1NC(=O)C(C)Oc1ccccc1. The second-order valence-electron chi connectivity index (χ2n) is 4.91. The van der Waals surface area contributed by atoms with Crippen molar-refractivity contribution < 1.29 is 14.3 Å². The van der Waals surface area contributed by atoms with E-state index >= 15 is 0 Å². The number of carbonyl (C=O) groups is 1. The van der Waals surface area contributed by atoms with Crippen LogP contribution in [-0.4, -0.2) is 18.6 Å². The molecule has 116 valence electrons. The van der Waals surface area contributed by atoms with Gasteiger partial charge in [0, 0.05) is 0 Å². The third-order valence-corrected chi connectivity index (χ3v) is 3.03. The van der Waals surface area contributed by atoms with Gasteiger partial charge in [-0.1, -0.05) is 37.3 Å². The zero-order valence-electron chi connectivity index (χ0n) is 12.9. The fraction of sp³-hybridized carbons (Fsp3) is 0.278. The van der Waals surface area contributed by atoms with E-state index in [1.54, 1.807) is 6.92 Å². The Bertz CT molecular complexity index is 598. The van der Waals surface area contributed by atoms with Crippen LogP contribution < -0.4 is 14.8 Å². The van der Waals surface area contributed by atoms with E-state index < -0.39 is 6.10 Å². The molecule has 1 N–H and O–H groups in total. The number of amides is 1. The van der Waals surface area contributed by atoms with Gasteiger partial charge in [0.05, 0.1) is 12.3 Å². The molecule has 0 aliphatic carbocycles. The summed E-state index contributed by atoms with van der Waals surface area (Å²) in [4.78, 5) is 12.3. The number of carbonyl (C=O) groups excluding carboxylic acids is 1. The molecule has 0 saturated carbocycles. The van der Waals surface area contributed by atoms with Crippen LogP contribution in [0, 0.1) is 0 Å². The topological polar surface area (TPSA) is 47.6 Å². The van der Waals surface area contributed by atoms with E-state index in [4.69, 9.17) is 9.47 Å². The Morgan fingerprint density at radius 1 is 1.09 bits per heavy atom. The summed E-state index contributed by atoms with van der Waals surface area (Å²) in [5.74, 6) is 1.13. The predicted octanol–water partition coefficient (Wildman–Crippen LogP) is 3.88. The Morgan fingerprint density at radius 2 is 1.77 bits per heavy atom. The van der Waals surface area contributed by atoms with Crippen molar-refractivity contribution >= 4 is 11.6 Å². The van der Waals surface area contributed by atoms with Gasteiger partial charge < -0.3 is 14.8 Å². The Hall–Kier alpha value is -2.49. The van der Waals surface area contributed by atoms with E-state index in [0.717, 1.165) is 6.42 Å². The fourth-order valence-electron chi connectivity index (χ4n) is 1.90. The molecule has 22 heavy (non-hydrogen) atoms. The molecule has 0 aliphatic rings. The van der Waals surface area contributed by atoms with E-state index in [9.17, 15) is 4.79 Å². The maximum Gasteiger partial charge on any atom is 0.265 e. The summed E-state index contributed by atoms with van der Waals surface area (Å²) in [6.07, 6.45) is 0.317. The van der Waals surface area contributed by atoms with Gasteiger partial charge in [-0.05, 0) is 37.6 Å². The molecule has 0 bridgehead atoms. The van der Waals surface area contributed by atoms with E-state index in [2.05, 4.69) is 5.32 Å². The van der Waals surface area contributed by atoms with Crippen molar-refractivity contribution in [3.8, 4) is 11.5 Å². The first-order valence-corrected chi connectivity index (χ1v) is 7.45. The highest BCUT2D eigenvalue weighted by Gasteiger charge is 2.16. The van der Waals surface area contributed by atoms with Gasteiger partial charge in [0.15, 0.2) is 6.10 Å². The molecule has 4 heteroatoms. The second-order valence-corrected chi connectivity index (χ2v) is 4.91. The molecule has 0 fully saturated rings. The first kappa shape index (κ1) is 15.9. The van der Waals surface area contributed by atoms with Crippen LogP contribution in [0.1, 0.15) is 20.3 Å². The van der Waals surface area contributed by atoms with Crippen LogP contribution in [0.25, 0.3) is 0 Å². The van der Waals surface area contributed by atoms with Crippen LogP contribution in [0.4, 0.5) is 5.69 Å². The summed E-state index contributed by atoms with van der Waals surface area (Å²) in [5.41, 5.74) is 0.657. The minimum absolute atomic E-state index is 0.212. The number of hydrogen-bond acceptors (Lipinski definition) is 3. The third kappa shape index (κ3) is 4.52. The summed E-state index contributed by atoms with van der Waals surface area (Å²) in [5, 5.41) is 2.85. The molecule has 4 nitrogen and oxygen atoms in total. The number of rotatable bonds is 7. The van der Waals surface area contributed by atoms with E-state index in [-0.39, 0.29) is 5.91 Å². The number of anilines is 1. The lowest BCUT2D eigenvalue weighted by molar-refractivity contribution is -0.122. The van der Waals surface area contributed by atoms with E-state index in [0.29, 0.717) is 23.8 Å². The molecule has 0 saturated heterocycles. The van der Waals surface area contributed by atoms with Crippen LogP contribution in [-0.2, 0) is 4.79 Å². The summed E-state index contributed by atoms with van der Waals surface area (Å²) in [6, 6.07) is 16.7. The van der Waals surface area contributed by atoms with Crippen LogP contribution in [0.3, 0.4) is 0 Å². The normalized spacial score (nSPS) is 11.5. The largest absolute Gasteiger partial charge is 0.491 e. The molecule has 2 aromatic carbocycles. The molecule has 0 aliphatic heterocycles. The van der Waals surface area contributed by atoms with Crippen molar-refractivity contribution in [2.75, 3.05) is 11.9 Å². The number of hydrogen-bond donors (Lipinski definition) is 1. The fourth-order valence-corrected chi connectivity index (χ4v) is 1.90. The molecule has 0 aromatic heterocycles. The van der Waals surface area contributed by atoms with Gasteiger partial charge in [-0.2, -0.15) is 0 Å². The minimum Gasteiger partial charge on any atom is -0.491 e. The van der Waals surface area contributed by atoms with Gasteiger partial charge in [0.25, 0.3) is 5.91 Å². The van der Waals surface area contributed by atoms with Crippen LogP contribution in [0.15, 0.2) is 54.6 Å². The second kappa shape index (κ2) is 8.08. The average molecular weight is 299 g/mol. The summed E-state index contributed by atoms with van der Waals surface area (Å²) in [7, 11) is 0. The highest BCUT2D eigenvalue weighted by Crippen LogP contribution is 2.24. The summed E-state index contributed by atoms with van der Waals surface area (Å²) in [6.45, 7) is 4.37. The third-order valence-electron chi connectivity index (χ3n) is 3.03. The van der Waals surface area contributed by atoms with E-state index in [1.807, 2.05) is 61.5 Å². The van der Waals surface area contributed by atoms with Crippen molar-refractivity contribution in [2.45, 2.75) is 26.4 Å². The number of nitrogens with one attached hydrogen (secondary N) is 1. The maximum atomic E-state index is 12.3. The Kier molecular flexibility index (Phi) is 5.83. The van der Waals surface area contributed by atoms with E-state index in [1.165, 1.54) is 0 Å². The summed E-state index contributed by atoms with van der Waals surface area (Å²) >= 11 is 0. The number of para-hydroxylation sites is 3. The van der Waals surface area contributed by atoms with Crippen molar-refractivity contribution in [1.82, 2.24) is 0 Å². The lowest BCUT2D eigenvalue weighted by atomic mass is 10.2. The quantitative estimate of drug-likeness (QED) is 0.844. The number of ether oxygens (including phenoxy) is 2. The van der Waals surface area contributed by atoms with Crippen LogP contribution in [0.5, 0.6) is 11.5 Å². The van der Waals surface area contributed by atoms with Crippen molar-refractivity contribution in [2.24, 2.45) is 0 Å². The molecule has 2 aromatic rings. The number of benzene rings is 2. The molecular formula is C18H21NO3. The Labute approximate surface area is 131 Å². The minimum atomic E-state index is -0.596. The highest BCUT2D eigenvalue weighted by molar-refractivity contribution is 5.95. The van der Waals surface area contributed by atoms with Crippen molar-refractivity contribution in [3.63, 3.8) is 0 Å². The van der Waals surface area contributed by atoms with Gasteiger partial charge in [-0.3, -0.25) is 4.79 Å². The van der Waals surface area contributed by atoms with Gasteiger partial charge >= 0.3 is 0 Å². The summed E-state index contributed by atoms with van der Waals surface area (Å²) < 4.78 is 11.2. The van der Waals surface area contributed by atoms with Gasteiger partial charge in [-0.15, -0.1) is 0 Å². The highest BCUT2D eigenvalue weighted by atomic mass is 16.5. The first-order chi connectivity index (χ1) is 10.7. The van der Waals surface area contributed by atoms with Crippen LogP contribution in [0.2, 0.25) is 0 Å². The zero-order valence-corrected chi connectivity index (χ0v) is 12.9. The molecule has 0 spiro atoms. The van der Waals surface area contributed by atoms with Gasteiger partial charge in [-0.25, -0.2) is 0 Å². The zero-order chi connectivity index (χ0) is 15.8. The predicted molar refractivity (Wildman–Crippen MR) is 87.4 cm³/mol. The lowest BCUT2D eigenvalue weighted by Crippen LogP contribution is -2.30. The average Bonchev–Trinajstić information content (AvgIpc) is 2.55. The van der Waals surface area contributed by atoms with Gasteiger partial charge in [0.2, 0.25) is 0 Å².